The molecule has 0 bridgehead atoms. The van der Waals surface area contributed by atoms with E-state index in [2.05, 4.69) is 5.32 Å². The van der Waals surface area contributed by atoms with E-state index in [4.69, 9.17) is 11.6 Å². The number of benzene rings is 2. The Bertz CT molecular complexity index is 547. The van der Waals surface area contributed by atoms with E-state index in [1.54, 1.807) is 30.3 Å². The van der Waals surface area contributed by atoms with Crippen molar-refractivity contribution >= 4 is 11.6 Å². The highest BCUT2D eigenvalue weighted by atomic mass is 35.5. The summed E-state index contributed by atoms with van der Waals surface area (Å²) in [5, 5.41) is 13.6. The first kappa shape index (κ1) is 14.0. The Morgan fingerprint density at radius 1 is 1.11 bits per heavy atom. The summed E-state index contributed by atoms with van der Waals surface area (Å²) < 4.78 is 13.4. The van der Waals surface area contributed by atoms with Gasteiger partial charge in [-0.05, 0) is 12.1 Å². The molecular formula is C15H15ClFNO. The van der Waals surface area contributed by atoms with Crippen molar-refractivity contribution in [3.8, 4) is 0 Å². The summed E-state index contributed by atoms with van der Waals surface area (Å²) in [6.07, 6.45) is -0.708. The van der Waals surface area contributed by atoms with Crippen LogP contribution in [0.15, 0.2) is 48.5 Å². The Hall–Kier alpha value is -1.42. The van der Waals surface area contributed by atoms with Gasteiger partial charge in [0, 0.05) is 29.2 Å². The molecule has 2 aromatic carbocycles. The van der Waals surface area contributed by atoms with Crippen LogP contribution in [0.1, 0.15) is 17.2 Å². The van der Waals surface area contributed by atoms with Gasteiger partial charge in [-0.25, -0.2) is 4.39 Å². The van der Waals surface area contributed by atoms with Crippen molar-refractivity contribution in [2.45, 2.75) is 12.6 Å². The van der Waals surface area contributed by atoms with Crippen LogP contribution in [0, 0.1) is 5.82 Å². The zero-order valence-electron chi connectivity index (χ0n) is 10.3. The van der Waals surface area contributed by atoms with E-state index >= 15 is 0 Å². The van der Waals surface area contributed by atoms with Crippen molar-refractivity contribution in [1.82, 2.24) is 5.32 Å². The monoisotopic (exact) mass is 279 g/mol. The van der Waals surface area contributed by atoms with E-state index in [1.165, 1.54) is 6.07 Å². The fourth-order valence-electron chi connectivity index (χ4n) is 1.84. The molecule has 2 aromatic rings. The first-order valence-corrected chi connectivity index (χ1v) is 6.43. The Morgan fingerprint density at radius 3 is 2.53 bits per heavy atom. The lowest BCUT2D eigenvalue weighted by Gasteiger charge is -2.13. The molecule has 2 N–H and O–H groups in total. The third-order valence-electron chi connectivity index (χ3n) is 2.88. The minimum atomic E-state index is -0.708. The van der Waals surface area contributed by atoms with Gasteiger partial charge in [0.05, 0.1) is 6.10 Å². The molecule has 100 valence electrons. The smallest absolute Gasteiger partial charge is 0.127 e. The zero-order chi connectivity index (χ0) is 13.7. The minimum Gasteiger partial charge on any atom is -0.387 e. The quantitative estimate of drug-likeness (QED) is 0.880. The Labute approximate surface area is 116 Å². The number of aliphatic hydroxyl groups is 1. The molecule has 2 rings (SSSR count). The Balaban J connectivity index is 1.90. The normalized spacial score (nSPS) is 12.4. The van der Waals surface area contributed by atoms with Gasteiger partial charge in [-0.2, -0.15) is 0 Å². The predicted molar refractivity (Wildman–Crippen MR) is 74.5 cm³/mol. The van der Waals surface area contributed by atoms with E-state index in [0.29, 0.717) is 29.2 Å². The molecule has 0 spiro atoms. The summed E-state index contributed by atoms with van der Waals surface area (Å²) in [4.78, 5) is 0. The first-order chi connectivity index (χ1) is 9.18. The van der Waals surface area contributed by atoms with Crippen molar-refractivity contribution in [1.29, 1.82) is 0 Å². The lowest BCUT2D eigenvalue weighted by Crippen LogP contribution is -2.21. The first-order valence-electron chi connectivity index (χ1n) is 6.05. The molecule has 19 heavy (non-hydrogen) atoms. The van der Waals surface area contributed by atoms with Crippen molar-refractivity contribution < 1.29 is 9.50 Å². The maximum Gasteiger partial charge on any atom is 0.127 e. The van der Waals surface area contributed by atoms with Gasteiger partial charge in [-0.15, -0.1) is 0 Å². The van der Waals surface area contributed by atoms with E-state index in [0.717, 1.165) is 0 Å². The molecule has 1 unspecified atom stereocenters. The average molecular weight is 280 g/mol. The molecule has 4 heteroatoms. The fourth-order valence-corrected chi connectivity index (χ4v) is 2.10. The maximum atomic E-state index is 13.4. The van der Waals surface area contributed by atoms with E-state index in [-0.39, 0.29) is 5.82 Å². The van der Waals surface area contributed by atoms with Crippen LogP contribution in [0.25, 0.3) is 0 Å². The number of hydrogen-bond acceptors (Lipinski definition) is 2. The molecule has 0 fully saturated rings. The van der Waals surface area contributed by atoms with Gasteiger partial charge in [-0.3, -0.25) is 0 Å². The van der Waals surface area contributed by atoms with Gasteiger partial charge in [0.25, 0.3) is 0 Å². The largest absolute Gasteiger partial charge is 0.387 e. The number of rotatable bonds is 5. The summed E-state index contributed by atoms with van der Waals surface area (Å²) in [5.74, 6) is -0.248. The molecule has 1 atom stereocenters. The standard InChI is InChI=1S/C15H15ClFNO/c16-13-7-3-2-6-12(13)15(19)10-18-9-11-5-1-4-8-14(11)17/h1-8,15,18-19H,9-10H2. The van der Waals surface area contributed by atoms with Crippen molar-refractivity contribution in [3.05, 3.63) is 70.5 Å². The van der Waals surface area contributed by atoms with Crippen LogP contribution in [0.2, 0.25) is 5.02 Å². The highest BCUT2D eigenvalue weighted by Gasteiger charge is 2.10. The molecule has 0 saturated heterocycles. The molecule has 0 saturated carbocycles. The molecule has 0 aliphatic carbocycles. The second-order valence-electron chi connectivity index (χ2n) is 4.26. The molecule has 0 aromatic heterocycles. The third kappa shape index (κ3) is 3.77. The highest BCUT2D eigenvalue weighted by molar-refractivity contribution is 6.31. The lowest BCUT2D eigenvalue weighted by atomic mass is 10.1. The van der Waals surface area contributed by atoms with Crippen LogP contribution in [0.4, 0.5) is 4.39 Å². The van der Waals surface area contributed by atoms with Crippen LogP contribution in [0.3, 0.4) is 0 Å². The van der Waals surface area contributed by atoms with Crippen molar-refractivity contribution in [3.63, 3.8) is 0 Å². The maximum absolute atomic E-state index is 13.4. The van der Waals surface area contributed by atoms with Gasteiger partial charge >= 0.3 is 0 Å². The van der Waals surface area contributed by atoms with Gasteiger partial charge in [0.15, 0.2) is 0 Å². The van der Waals surface area contributed by atoms with E-state index in [9.17, 15) is 9.50 Å². The molecule has 2 nitrogen and oxygen atoms in total. The topological polar surface area (TPSA) is 32.3 Å². The number of aliphatic hydroxyl groups excluding tert-OH is 1. The van der Waals surface area contributed by atoms with Crippen LogP contribution < -0.4 is 5.32 Å². The summed E-state index contributed by atoms with van der Waals surface area (Å²) in [6.45, 7) is 0.687. The molecule has 0 amide bonds. The SMILES string of the molecule is OC(CNCc1ccccc1F)c1ccccc1Cl. The Morgan fingerprint density at radius 2 is 1.79 bits per heavy atom. The molecule has 0 aliphatic rings. The molecule has 0 radical (unpaired) electrons. The molecule has 0 heterocycles. The van der Waals surface area contributed by atoms with E-state index < -0.39 is 6.10 Å². The number of nitrogens with one attached hydrogen (secondary N) is 1. The van der Waals surface area contributed by atoms with E-state index in [1.807, 2.05) is 12.1 Å². The predicted octanol–water partition coefficient (Wildman–Crippen LogP) is 3.30. The second-order valence-corrected chi connectivity index (χ2v) is 4.67. The Kier molecular flexibility index (Phi) is 4.91. The van der Waals surface area contributed by atoms with Gasteiger partial charge in [-0.1, -0.05) is 48.0 Å². The van der Waals surface area contributed by atoms with Gasteiger partial charge < -0.3 is 10.4 Å². The third-order valence-corrected chi connectivity index (χ3v) is 3.22. The fraction of sp³-hybridized carbons (Fsp3) is 0.200. The second kappa shape index (κ2) is 6.66. The summed E-state index contributed by atoms with van der Waals surface area (Å²) in [5.41, 5.74) is 1.25. The number of halogens is 2. The number of hydrogen-bond donors (Lipinski definition) is 2. The minimum absolute atomic E-state index is 0.248. The van der Waals surface area contributed by atoms with Gasteiger partial charge in [0.1, 0.15) is 5.82 Å². The average Bonchev–Trinajstić information content (AvgIpc) is 2.41. The van der Waals surface area contributed by atoms with Crippen LogP contribution >= 0.6 is 11.6 Å². The van der Waals surface area contributed by atoms with Crippen LogP contribution in [-0.2, 0) is 6.54 Å². The summed E-state index contributed by atoms with van der Waals surface area (Å²) >= 11 is 5.99. The van der Waals surface area contributed by atoms with Crippen molar-refractivity contribution in [2.24, 2.45) is 0 Å². The highest BCUT2D eigenvalue weighted by Crippen LogP contribution is 2.21. The van der Waals surface area contributed by atoms with Crippen molar-refractivity contribution in [2.75, 3.05) is 6.54 Å². The summed E-state index contributed by atoms with van der Waals surface area (Å²) in [6, 6.07) is 13.7. The van der Waals surface area contributed by atoms with Crippen LogP contribution in [-0.4, -0.2) is 11.7 Å². The van der Waals surface area contributed by atoms with Gasteiger partial charge in [0.2, 0.25) is 0 Å². The lowest BCUT2D eigenvalue weighted by molar-refractivity contribution is 0.174. The zero-order valence-corrected chi connectivity index (χ0v) is 11.1. The summed E-state index contributed by atoms with van der Waals surface area (Å²) in [7, 11) is 0. The van der Waals surface area contributed by atoms with Crippen LogP contribution in [0.5, 0.6) is 0 Å². The molecular weight excluding hydrogens is 265 g/mol. The molecule has 0 aliphatic heterocycles.